The lowest BCUT2D eigenvalue weighted by Gasteiger charge is -2.34. The van der Waals surface area contributed by atoms with Crippen molar-refractivity contribution in [2.24, 2.45) is 0 Å². The third kappa shape index (κ3) is 4.61. The van der Waals surface area contributed by atoms with Crippen LogP contribution in [0, 0.1) is 0 Å². The normalized spacial score (nSPS) is 20.0. The molecule has 0 N–H and O–H groups in total. The predicted octanol–water partition coefficient (Wildman–Crippen LogP) is 1.39. The molecule has 1 aliphatic rings. The van der Waals surface area contributed by atoms with Crippen molar-refractivity contribution < 1.29 is 14.1 Å². The van der Waals surface area contributed by atoms with E-state index in [9.17, 15) is 4.79 Å². The fourth-order valence-corrected chi connectivity index (χ4v) is 3.18. The summed E-state index contributed by atoms with van der Waals surface area (Å²) in [6.07, 6.45) is 0. The SMILES string of the molecule is CN(C)c1noc(CN2CCSCC2C(=O)OC(C)(C)C)n1. The Hall–Kier alpha value is -1.28. The van der Waals surface area contributed by atoms with Crippen LogP contribution in [0.5, 0.6) is 0 Å². The van der Waals surface area contributed by atoms with E-state index < -0.39 is 5.60 Å². The van der Waals surface area contributed by atoms with Crippen LogP contribution in [0.2, 0.25) is 0 Å². The van der Waals surface area contributed by atoms with Gasteiger partial charge in [-0.05, 0) is 25.9 Å². The molecule has 1 fully saturated rings. The molecule has 0 aliphatic carbocycles. The molecule has 124 valence electrons. The molecular weight excluding hydrogens is 304 g/mol. The number of ether oxygens (including phenoxy) is 1. The first-order valence-corrected chi connectivity index (χ1v) is 8.46. The average molecular weight is 328 g/mol. The first-order valence-electron chi connectivity index (χ1n) is 7.31. The molecule has 0 bridgehead atoms. The van der Waals surface area contributed by atoms with Gasteiger partial charge in [-0.15, -0.1) is 0 Å². The van der Waals surface area contributed by atoms with Crippen LogP contribution in [0.3, 0.4) is 0 Å². The Labute approximate surface area is 135 Å². The topological polar surface area (TPSA) is 71.7 Å². The van der Waals surface area contributed by atoms with Gasteiger partial charge in [-0.2, -0.15) is 16.7 Å². The quantitative estimate of drug-likeness (QED) is 0.768. The summed E-state index contributed by atoms with van der Waals surface area (Å²) in [6, 6.07) is -0.271. The zero-order valence-electron chi connectivity index (χ0n) is 13.8. The number of rotatable bonds is 4. The van der Waals surface area contributed by atoms with Gasteiger partial charge in [0.05, 0.1) is 6.54 Å². The number of aromatic nitrogens is 2. The molecule has 1 aliphatic heterocycles. The molecule has 7 nitrogen and oxygen atoms in total. The van der Waals surface area contributed by atoms with Crippen LogP contribution in [0.25, 0.3) is 0 Å². The molecule has 22 heavy (non-hydrogen) atoms. The standard InChI is InChI=1S/C14H24N4O3S/c1-14(2,3)20-12(19)10-9-22-7-6-18(10)8-11-15-13(16-21-11)17(4)5/h10H,6-9H2,1-5H3. The van der Waals surface area contributed by atoms with Gasteiger partial charge in [0.1, 0.15) is 11.6 Å². The van der Waals surface area contributed by atoms with E-state index in [0.29, 0.717) is 18.4 Å². The first-order chi connectivity index (χ1) is 10.3. The zero-order valence-corrected chi connectivity index (χ0v) is 14.6. The minimum atomic E-state index is -0.479. The Balaban J connectivity index is 2.04. The van der Waals surface area contributed by atoms with Gasteiger partial charge in [0.15, 0.2) is 0 Å². The van der Waals surface area contributed by atoms with Gasteiger partial charge < -0.3 is 14.2 Å². The van der Waals surface area contributed by atoms with E-state index >= 15 is 0 Å². The molecule has 0 spiro atoms. The Morgan fingerprint density at radius 1 is 1.50 bits per heavy atom. The highest BCUT2D eigenvalue weighted by molar-refractivity contribution is 7.99. The second-order valence-corrected chi connectivity index (χ2v) is 7.63. The largest absolute Gasteiger partial charge is 0.459 e. The minimum Gasteiger partial charge on any atom is -0.459 e. The summed E-state index contributed by atoms with van der Waals surface area (Å²) < 4.78 is 10.8. The summed E-state index contributed by atoms with van der Waals surface area (Å²) in [5.41, 5.74) is -0.479. The highest BCUT2D eigenvalue weighted by Crippen LogP contribution is 2.22. The van der Waals surface area contributed by atoms with Gasteiger partial charge in [0.2, 0.25) is 5.89 Å². The summed E-state index contributed by atoms with van der Waals surface area (Å²) >= 11 is 1.76. The third-order valence-corrected chi connectivity index (χ3v) is 4.14. The predicted molar refractivity (Wildman–Crippen MR) is 86.0 cm³/mol. The number of hydrogen-bond donors (Lipinski definition) is 0. The monoisotopic (exact) mass is 328 g/mol. The summed E-state index contributed by atoms with van der Waals surface area (Å²) in [6.45, 7) is 6.91. The molecule has 0 aromatic carbocycles. The van der Waals surface area contributed by atoms with Crippen molar-refractivity contribution in [2.45, 2.75) is 39.0 Å². The van der Waals surface area contributed by atoms with Crippen molar-refractivity contribution in [3.8, 4) is 0 Å². The van der Waals surface area contributed by atoms with Crippen molar-refractivity contribution in [3.05, 3.63) is 5.89 Å². The average Bonchev–Trinajstić information content (AvgIpc) is 2.86. The first kappa shape index (κ1) is 17.1. The molecule has 1 unspecified atom stereocenters. The van der Waals surface area contributed by atoms with E-state index in [1.54, 1.807) is 16.7 Å². The molecule has 2 rings (SSSR count). The number of anilines is 1. The van der Waals surface area contributed by atoms with Crippen LogP contribution in [0.15, 0.2) is 4.52 Å². The van der Waals surface area contributed by atoms with E-state index in [4.69, 9.17) is 9.26 Å². The van der Waals surface area contributed by atoms with Gasteiger partial charge in [0.25, 0.3) is 5.95 Å². The number of carbonyl (C=O) groups excluding carboxylic acids is 1. The lowest BCUT2D eigenvalue weighted by molar-refractivity contribution is -0.161. The van der Waals surface area contributed by atoms with E-state index in [2.05, 4.69) is 15.0 Å². The smallest absolute Gasteiger partial charge is 0.324 e. The van der Waals surface area contributed by atoms with Crippen molar-refractivity contribution in [1.29, 1.82) is 0 Å². The molecule has 0 saturated carbocycles. The van der Waals surface area contributed by atoms with Crippen LogP contribution in [0.1, 0.15) is 26.7 Å². The number of esters is 1. The van der Waals surface area contributed by atoms with E-state index in [1.165, 1.54) is 0 Å². The summed E-state index contributed by atoms with van der Waals surface area (Å²) in [4.78, 5) is 20.5. The van der Waals surface area contributed by atoms with E-state index in [-0.39, 0.29) is 12.0 Å². The number of hydrogen-bond acceptors (Lipinski definition) is 8. The molecular formula is C14H24N4O3S. The summed E-state index contributed by atoms with van der Waals surface area (Å²) in [5, 5.41) is 3.90. The summed E-state index contributed by atoms with van der Waals surface area (Å²) in [7, 11) is 3.71. The van der Waals surface area contributed by atoms with Crippen molar-refractivity contribution >= 4 is 23.7 Å². The minimum absolute atomic E-state index is 0.188. The van der Waals surface area contributed by atoms with Gasteiger partial charge in [0, 0.05) is 32.1 Å². The molecule has 1 saturated heterocycles. The highest BCUT2D eigenvalue weighted by Gasteiger charge is 2.33. The lowest BCUT2D eigenvalue weighted by Crippen LogP contribution is -2.49. The van der Waals surface area contributed by atoms with Crippen molar-refractivity contribution in [3.63, 3.8) is 0 Å². The van der Waals surface area contributed by atoms with Crippen LogP contribution >= 0.6 is 11.8 Å². The Kier molecular flexibility index (Phi) is 5.33. The van der Waals surface area contributed by atoms with Crippen LogP contribution in [0.4, 0.5) is 5.95 Å². The number of carbonyl (C=O) groups is 1. The van der Waals surface area contributed by atoms with Crippen LogP contribution in [-0.4, -0.2) is 64.8 Å². The molecule has 1 aromatic heterocycles. The number of nitrogens with zero attached hydrogens (tertiary/aromatic N) is 4. The second kappa shape index (κ2) is 6.87. The van der Waals surface area contributed by atoms with Crippen molar-refractivity contribution in [2.75, 3.05) is 37.0 Å². The molecule has 2 heterocycles. The maximum atomic E-state index is 12.4. The van der Waals surface area contributed by atoms with Gasteiger partial charge in [-0.3, -0.25) is 9.69 Å². The van der Waals surface area contributed by atoms with Gasteiger partial charge in [-0.1, -0.05) is 0 Å². The van der Waals surface area contributed by atoms with Crippen LogP contribution in [-0.2, 0) is 16.1 Å². The lowest BCUT2D eigenvalue weighted by atomic mass is 10.2. The summed E-state index contributed by atoms with van der Waals surface area (Å²) in [5.74, 6) is 2.57. The van der Waals surface area contributed by atoms with Gasteiger partial charge in [-0.25, -0.2) is 0 Å². The zero-order chi connectivity index (χ0) is 16.3. The second-order valence-electron chi connectivity index (χ2n) is 6.48. The van der Waals surface area contributed by atoms with Crippen LogP contribution < -0.4 is 4.90 Å². The van der Waals surface area contributed by atoms with E-state index in [0.717, 1.165) is 18.1 Å². The fraction of sp³-hybridized carbons (Fsp3) is 0.786. The fourth-order valence-electron chi connectivity index (χ4n) is 2.08. The van der Waals surface area contributed by atoms with Crippen molar-refractivity contribution in [1.82, 2.24) is 15.0 Å². The maximum absolute atomic E-state index is 12.4. The molecule has 1 aromatic rings. The third-order valence-electron chi connectivity index (χ3n) is 3.11. The van der Waals surface area contributed by atoms with E-state index in [1.807, 2.05) is 34.9 Å². The molecule has 0 amide bonds. The molecule has 1 atom stereocenters. The Bertz CT molecular complexity index is 512. The Morgan fingerprint density at radius 3 is 2.82 bits per heavy atom. The maximum Gasteiger partial charge on any atom is 0.324 e. The number of thioether (sulfide) groups is 1. The van der Waals surface area contributed by atoms with Gasteiger partial charge >= 0.3 is 5.97 Å². The Morgan fingerprint density at radius 2 is 2.23 bits per heavy atom. The molecule has 8 heteroatoms. The molecule has 0 radical (unpaired) electrons. The highest BCUT2D eigenvalue weighted by atomic mass is 32.2.